The van der Waals surface area contributed by atoms with Crippen LogP contribution in [0, 0.1) is 5.82 Å². The molecule has 0 aliphatic rings. The van der Waals surface area contributed by atoms with Crippen molar-refractivity contribution in [1.29, 1.82) is 0 Å². The van der Waals surface area contributed by atoms with E-state index in [0.29, 0.717) is 17.7 Å². The molecule has 0 aliphatic heterocycles. The number of thioether (sulfide) groups is 1. The largest absolute Gasteiger partial charge is 0.352 e. The van der Waals surface area contributed by atoms with Gasteiger partial charge in [0.1, 0.15) is 5.82 Å². The van der Waals surface area contributed by atoms with E-state index in [1.54, 1.807) is 48.3 Å². The zero-order chi connectivity index (χ0) is 15.1. The van der Waals surface area contributed by atoms with E-state index in [2.05, 4.69) is 10.3 Å². The Morgan fingerprint density at radius 2 is 2.05 bits per heavy atom. The van der Waals surface area contributed by atoms with Crippen molar-refractivity contribution in [3.8, 4) is 11.1 Å². The van der Waals surface area contributed by atoms with Crippen LogP contribution in [0.1, 0.15) is 16.8 Å². The minimum absolute atomic E-state index is 0.0992. The van der Waals surface area contributed by atoms with Gasteiger partial charge < -0.3 is 5.32 Å². The second-order valence-corrected chi connectivity index (χ2v) is 5.52. The van der Waals surface area contributed by atoms with Crippen molar-refractivity contribution in [2.75, 3.05) is 18.6 Å². The summed E-state index contributed by atoms with van der Waals surface area (Å²) < 4.78 is 13.6. The van der Waals surface area contributed by atoms with Gasteiger partial charge in [-0.15, -0.1) is 0 Å². The second kappa shape index (κ2) is 7.78. The highest BCUT2D eigenvalue weighted by Gasteiger charge is 2.07. The molecular weight excluding hydrogens is 287 g/mol. The van der Waals surface area contributed by atoms with Crippen LogP contribution in [0.5, 0.6) is 0 Å². The Labute approximate surface area is 128 Å². The maximum atomic E-state index is 13.6. The number of benzene rings is 1. The molecule has 0 aliphatic carbocycles. The molecule has 0 atom stereocenters. The van der Waals surface area contributed by atoms with E-state index in [9.17, 15) is 9.18 Å². The Morgan fingerprint density at radius 1 is 1.29 bits per heavy atom. The summed E-state index contributed by atoms with van der Waals surface area (Å²) in [5.41, 5.74) is 1.79. The van der Waals surface area contributed by atoms with Crippen LogP contribution in [0.15, 0.2) is 42.7 Å². The van der Waals surface area contributed by atoms with Crippen LogP contribution in [-0.4, -0.2) is 29.4 Å². The first-order valence-corrected chi connectivity index (χ1v) is 8.09. The van der Waals surface area contributed by atoms with Gasteiger partial charge in [-0.1, -0.05) is 12.1 Å². The van der Waals surface area contributed by atoms with E-state index in [4.69, 9.17) is 0 Å². The molecule has 1 aromatic carbocycles. The van der Waals surface area contributed by atoms with Crippen LogP contribution in [0.4, 0.5) is 4.39 Å². The van der Waals surface area contributed by atoms with Gasteiger partial charge >= 0.3 is 0 Å². The molecule has 0 spiro atoms. The molecule has 5 heteroatoms. The van der Waals surface area contributed by atoms with Crippen molar-refractivity contribution >= 4 is 17.7 Å². The molecule has 1 aromatic heterocycles. The Morgan fingerprint density at radius 3 is 2.71 bits per heavy atom. The molecule has 0 fully saturated rings. The fourth-order valence-electron chi connectivity index (χ4n) is 1.93. The molecule has 1 N–H and O–H groups in total. The van der Waals surface area contributed by atoms with E-state index in [0.717, 1.165) is 17.7 Å². The molecule has 1 heterocycles. The molecule has 21 heavy (non-hydrogen) atoms. The van der Waals surface area contributed by atoms with Crippen LogP contribution in [0.25, 0.3) is 11.1 Å². The zero-order valence-corrected chi connectivity index (χ0v) is 12.6. The fraction of sp³-hybridized carbons (Fsp3) is 0.250. The van der Waals surface area contributed by atoms with E-state index in [-0.39, 0.29) is 11.7 Å². The molecule has 2 aromatic rings. The maximum absolute atomic E-state index is 13.6. The smallest absolute Gasteiger partial charge is 0.251 e. The third kappa shape index (κ3) is 4.29. The Balaban J connectivity index is 2.02. The SMILES string of the molecule is CSCCCNC(=O)c1ccc(-c2ccncc2F)cc1. The molecule has 110 valence electrons. The summed E-state index contributed by atoms with van der Waals surface area (Å²) in [6.45, 7) is 0.667. The number of halogens is 1. The lowest BCUT2D eigenvalue weighted by Crippen LogP contribution is -2.24. The summed E-state index contributed by atoms with van der Waals surface area (Å²) in [6, 6.07) is 8.52. The van der Waals surface area contributed by atoms with Crippen molar-refractivity contribution in [2.45, 2.75) is 6.42 Å². The summed E-state index contributed by atoms with van der Waals surface area (Å²) >= 11 is 1.76. The third-order valence-electron chi connectivity index (χ3n) is 3.04. The number of hydrogen-bond acceptors (Lipinski definition) is 3. The van der Waals surface area contributed by atoms with Gasteiger partial charge in [0, 0.05) is 23.9 Å². The first kappa shape index (κ1) is 15.5. The van der Waals surface area contributed by atoms with Crippen LogP contribution in [0.3, 0.4) is 0 Å². The van der Waals surface area contributed by atoms with Crippen molar-refractivity contribution in [1.82, 2.24) is 10.3 Å². The molecule has 1 amide bonds. The number of carbonyl (C=O) groups is 1. The Kier molecular flexibility index (Phi) is 5.75. The van der Waals surface area contributed by atoms with Crippen LogP contribution >= 0.6 is 11.8 Å². The van der Waals surface area contributed by atoms with Crippen molar-refractivity contribution in [2.24, 2.45) is 0 Å². The highest BCUT2D eigenvalue weighted by molar-refractivity contribution is 7.98. The van der Waals surface area contributed by atoms with Gasteiger partial charge in [-0.2, -0.15) is 11.8 Å². The van der Waals surface area contributed by atoms with Crippen molar-refractivity contribution in [3.05, 3.63) is 54.1 Å². The Bertz CT molecular complexity index is 601. The first-order chi connectivity index (χ1) is 10.2. The lowest BCUT2D eigenvalue weighted by Gasteiger charge is -2.06. The number of nitrogens with one attached hydrogen (secondary N) is 1. The number of rotatable bonds is 6. The van der Waals surface area contributed by atoms with Gasteiger partial charge in [0.05, 0.1) is 6.20 Å². The summed E-state index contributed by atoms with van der Waals surface area (Å²) in [7, 11) is 0. The van der Waals surface area contributed by atoms with E-state index in [1.165, 1.54) is 6.20 Å². The molecular formula is C16H17FN2OS. The maximum Gasteiger partial charge on any atom is 0.251 e. The van der Waals surface area contributed by atoms with Crippen LogP contribution < -0.4 is 5.32 Å². The highest BCUT2D eigenvalue weighted by atomic mass is 32.2. The monoisotopic (exact) mass is 304 g/mol. The number of hydrogen-bond donors (Lipinski definition) is 1. The lowest BCUT2D eigenvalue weighted by molar-refractivity contribution is 0.0954. The van der Waals surface area contributed by atoms with Crippen molar-refractivity contribution in [3.63, 3.8) is 0 Å². The number of nitrogens with zero attached hydrogens (tertiary/aromatic N) is 1. The number of carbonyl (C=O) groups excluding carboxylic acids is 1. The standard InChI is InChI=1S/C16H17FN2OS/c1-21-10-2-8-19-16(20)13-5-3-12(4-6-13)14-7-9-18-11-15(14)17/h3-7,9,11H,2,8,10H2,1H3,(H,19,20). The summed E-state index contributed by atoms with van der Waals surface area (Å²) in [6.07, 6.45) is 5.72. The van der Waals surface area contributed by atoms with E-state index >= 15 is 0 Å². The van der Waals surface area contributed by atoms with Gasteiger partial charge in [-0.05, 0) is 42.2 Å². The van der Waals surface area contributed by atoms with Gasteiger partial charge in [0.15, 0.2) is 0 Å². The number of amides is 1. The molecule has 3 nitrogen and oxygen atoms in total. The van der Waals surface area contributed by atoms with Crippen LogP contribution in [-0.2, 0) is 0 Å². The predicted octanol–water partition coefficient (Wildman–Crippen LogP) is 3.37. The Hall–Kier alpha value is -1.88. The van der Waals surface area contributed by atoms with Gasteiger partial charge in [-0.25, -0.2) is 4.39 Å². The zero-order valence-electron chi connectivity index (χ0n) is 11.8. The molecule has 0 bridgehead atoms. The minimum Gasteiger partial charge on any atom is -0.352 e. The highest BCUT2D eigenvalue weighted by Crippen LogP contribution is 2.21. The lowest BCUT2D eigenvalue weighted by atomic mass is 10.0. The average Bonchev–Trinajstić information content (AvgIpc) is 2.52. The summed E-state index contributed by atoms with van der Waals surface area (Å²) in [4.78, 5) is 15.6. The van der Waals surface area contributed by atoms with Gasteiger partial charge in [0.25, 0.3) is 5.91 Å². The molecule has 0 saturated carbocycles. The molecule has 0 saturated heterocycles. The second-order valence-electron chi connectivity index (χ2n) is 4.54. The topological polar surface area (TPSA) is 42.0 Å². The minimum atomic E-state index is -0.369. The van der Waals surface area contributed by atoms with Gasteiger partial charge in [0.2, 0.25) is 0 Å². The van der Waals surface area contributed by atoms with E-state index in [1.807, 2.05) is 6.26 Å². The predicted molar refractivity (Wildman–Crippen MR) is 85.0 cm³/mol. The third-order valence-corrected chi connectivity index (χ3v) is 3.74. The average molecular weight is 304 g/mol. The normalized spacial score (nSPS) is 10.4. The number of pyridine rings is 1. The molecule has 0 radical (unpaired) electrons. The molecule has 2 rings (SSSR count). The summed E-state index contributed by atoms with van der Waals surface area (Å²) in [5.74, 6) is 0.560. The van der Waals surface area contributed by atoms with Gasteiger partial charge in [-0.3, -0.25) is 9.78 Å². The summed E-state index contributed by atoms with van der Waals surface area (Å²) in [5, 5.41) is 2.87. The van der Waals surface area contributed by atoms with Crippen LogP contribution in [0.2, 0.25) is 0 Å². The van der Waals surface area contributed by atoms with Crippen molar-refractivity contribution < 1.29 is 9.18 Å². The number of aromatic nitrogens is 1. The molecule has 0 unspecified atom stereocenters. The van der Waals surface area contributed by atoms with E-state index < -0.39 is 0 Å². The fourth-order valence-corrected chi connectivity index (χ4v) is 2.36. The quantitative estimate of drug-likeness (QED) is 0.832. The first-order valence-electron chi connectivity index (χ1n) is 6.69.